The summed E-state index contributed by atoms with van der Waals surface area (Å²) in [6.07, 6.45) is 3.76. The van der Waals surface area contributed by atoms with Crippen molar-refractivity contribution in [2.75, 3.05) is 0 Å². The number of nitrogens with one attached hydrogen (secondary N) is 1. The molecule has 2 aromatic heterocycles. The maximum atomic E-state index is 14.0. The number of esters is 1. The number of aromatic nitrogens is 4. The fourth-order valence-corrected chi connectivity index (χ4v) is 5.08. The Bertz CT molecular complexity index is 1610. The average molecular weight is 573 g/mol. The van der Waals surface area contributed by atoms with Crippen molar-refractivity contribution in [2.24, 2.45) is 0 Å². The molecule has 0 aliphatic heterocycles. The number of aryl methyl sites for hydroxylation is 1. The Morgan fingerprint density at radius 1 is 1.00 bits per heavy atom. The van der Waals surface area contributed by atoms with Crippen LogP contribution in [0, 0.1) is 0 Å². The van der Waals surface area contributed by atoms with Gasteiger partial charge in [0.25, 0.3) is 5.56 Å². The van der Waals surface area contributed by atoms with E-state index in [1.807, 2.05) is 76.2 Å². The molecule has 0 spiro atoms. The summed E-state index contributed by atoms with van der Waals surface area (Å²) in [5.41, 5.74) is 4.37. The minimum atomic E-state index is -0.611. The number of aromatic amines is 1. The summed E-state index contributed by atoms with van der Waals surface area (Å²) < 4.78 is 12.1. The van der Waals surface area contributed by atoms with Crippen LogP contribution < -0.4 is 11.3 Å². The smallest absolute Gasteiger partial charge is 0.439 e. The van der Waals surface area contributed by atoms with Gasteiger partial charge in [0, 0.05) is 12.0 Å². The molecule has 0 unspecified atom stereocenters. The van der Waals surface area contributed by atoms with Crippen LogP contribution >= 0.6 is 0 Å². The maximum absolute atomic E-state index is 14.0. The molecule has 0 saturated carbocycles. The molecule has 0 atom stereocenters. The highest BCUT2D eigenvalue weighted by molar-refractivity contribution is 5.80. The first-order valence-electron chi connectivity index (χ1n) is 14.8. The number of rotatable bonds is 13. The number of hydrogen-bond donors (Lipinski definition) is 1. The van der Waals surface area contributed by atoms with Crippen molar-refractivity contribution in [3.8, 4) is 22.5 Å². The van der Waals surface area contributed by atoms with Crippen molar-refractivity contribution < 1.29 is 14.1 Å². The zero-order chi connectivity index (χ0) is 30.2. The van der Waals surface area contributed by atoms with E-state index in [4.69, 9.17) is 14.2 Å². The summed E-state index contributed by atoms with van der Waals surface area (Å²) in [5.74, 6) is 0.0710. The van der Waals surface area contributed by atoms with Crippen LogP contribution in [0.25, 0.3) is 22.5 Å². The van der Waals surface area contributed by atoms with E-state index in [0.29, 0.717) is 30.0 Å². The van der Waals surface area contributed by atoms with Crippen LogP contribution in [0.4, 0.5) is 0 Å². The fraction of sp³-hybridized carbons (Fsp3) is 0.424. The van der Waals surface area contributed by atoms with Crippen LogP contribution in [-0.2, 0) is 28.9 Å². The molecule has 0 aliphatic carbocycles. The Hall–Kier alpha value is -4.27. The predicted molar refractivity (Wildman–Crippen MR) is 162 cm³/mol. The molecule has 0 bridgehead atoms. The quantitative estimate of drug-likeness (QED) is 0.194. The molecule has 0 saturated heterocycles. The third-order valence-electron chi connectivity index (χ3n) is 7.43. The van der Waals surface area contributed by atoms with Gasteiger partial charge in [-0.1, -0.05) is 94.7 Å². The highest BCUT2D eigenvalue weighted by Gasteiger charge is 2.23. The number of hydrogen-bond acceptors (Lipinski definition) is 7. The van der Waals surface area contributed by atoms with Crippen LogP contribution in [0.2, 0.25) is 0 Å². The molecule has 42 heavy (non-hydrogen) atoms. The van der Waals surface area contributed by atoms with Gasteiger partial charge in [-0.3, -0.25) is 23.7 Å². The Morgan fingerprint density at radius 2 is 1.69 bits per heavy atom. The highest BCUT2D eigenvalue weighted by atomic mass is 16.5. The minimum absolute atomic E-state index is 0.0114. The lowest BCUT2D eigenvalue weighted by molar-refractivity contribution is -0.148. The van der Waals surface area contributed by atoms with Gasteiger partial charge in [-0.05, 0) is 41.9 Å². The van der Waals surface area contributed by atoms with Gasteiger partial charge in [-0.25, -0.2) is 9.78 Å². The molecule has 0 aliphatic rings. The Balaban J connectivity index is 1.69. The molecule has 9 nitrogen and oxygen atoms in total. The van der Waals surface area contributed by atoms with Crippen molar-refractivity contribution in [2.45, 2.75) is 91.7 Å². The molecule has 0 amide bonds. The van der Waals surface area contributed by atoms with Gasteiger partial charge < -0.3 is 4.74 Å². The van der Waals surface area contributed by atoms with E-state index < -0.39 is 11.7 Å². The number of carbonyl (C=O) groups excluding carboxylic acids is 1. The first kappa shape index (κ1) is 30.7. The molecule has 4 rings (SSSR count). The lowest BCUT2D eigenvalue weighted by Gasteiger charge is -2.20. The molecule has 222 valence electrons. The topological polar surface area (TPSA) is 120 Å². The highest BCUT2D eigenvalue weighted by Crippen LogP contribution is 2.30. The molecule has 2 heterocycles. The van der Waals surface area contributed by atoms with Gasteiger partial charge in [-0.2, -0.15) is 0 Å². The van der Waals surface area contributed by atoms with Crippen molar-refractivity contribution in [1.29, 1.82) is 0 Å². The predicted octanol–water partition coefficient (Wildman–Crippen LogP) is 6.04. The summed E-state index contributed by atoms with van der Waals surface area (Å²) in [4.78, 5) is 46.0. The molecular formula is C33H40N4O5. The third-order valence-corrected chi connectivity index (χ3v) is 7.43. The zero-order valence-electron chi connectivity index (χ0n) is 25.1. The maximum Gasteiger partial charge on any atom is 0.439 e. The van der Waals surface area contributed by atoms with Crippen LogP contribution in [0.1, 0.15) is 88.9 Å². The first-order valence-corrected chi connectivity index (χ1v) is 14.8. The Kier molecular flexibility index (Phi) is 10.3. The van der Waals surface area contributed by atoms with Crippen molar-refractivity contribution in [1.82, 2.24) is 19.7 Å². The molecule has 4 aromatic rings. The number of H-pyrrole nitrogens is 1. The lowest BCUT2D eigenvalue weighted by atomic mass is 9.98. The van der Waals surface area contributed by atoms with Gasteiger partial charge in [0.2, 0.25) is 0 Å². The molecule has 9 heteroatoms. The van der Waals surface area contributed by atoms with Gasteiger partial charge in [0.15, 0.2) is 5.82 Å². The fourth-order valence-electron chi connectivity index (χ4n) is 5.08. The second-order valence-corrected chi connectivity index (χ2v) is 10.8. The SMILES string of the molecule is CCCCc1nc(C(C)C)c(CC(=O)OC(CC)CC)c(=O)n1Cc1ccc(-c2ccccc2-c2noc(=O)[nH]2)cc1. The first-order chi connectivity index (χ1) is 20.2. The summed E-state index contributed by atoms with van der Waals surface area (Å²) >= 11 is 0. The molecular weight excluding hydrogens is 532 g/mol. The van der Waals surface area contributed by atoms with Gasteiger partial charge in [0.1, 0.15) is 11.9 Å². The second-order valence-electron chi connectivity index (χ2n) is 10.8. The monoisotopic (exact) mass is 572 g/mol. The average Bonchev–Trinajstić information content (AvgIpc) is 3.43. The van der Waals surface area contributed by atoms with Crippen molar-refractivity contribution >= 4 is 5.97 Å². The Labute approximate surface area is 246 Å². The van der Waals surface area contributed by atoms with E-state index in [0.717, 1.165) is 53.8 Å². The summed E-state index contributed by atoms with van der Waals surface area (Å²) in [6.45, 7) is 10.4. The van der Waals surface area contributed by atoms with E-state index in [-0.39, 0.29) is 24.0 Å². The summed E-state index contributed by atoms with van der Waals surface area (Å²) in [5, 5.41) is 3.84. The number of nitrogens with zero attached hydrogens (tertiary/aromatic N) is 3. The van der Waals surface area contributed by atoms with Gasteiger partial charge in [-0.15, -0.1) is 0 Å². The van der Waals surface area contributed by atoms with Crippen LogP contribution in [0.3, 0.4) is 0 Å². The van der Waals surface area contributed by atoms with Crippen LogP contribution in [0.5, 0.6) is 0 Å². The summed E-state index contributed by atoms with van der Waals surface area (Å²) in [7, 11) is 0. The largest absolute Gasteiger partial charge is 0.462 e. The standard InChI is InChI=1S/C33H40N4O5/c1-6-9-14-28-34-30(21(4)5)27(19-29(38)41-24(7-2)8-3)32(39)37(28)20-22-15-17-23(18-16-22)25-12-10-11-13-26(25)31-35-33(40)42-36-31/h10-13,15-18,21,24H,6-9,14,19-20H2,1-5H3,(H,35,36,40). The molecule has 1 N–H and O–H groups in total. The van der Waals surface area contributed by atoms with E-state index in [1.165, 1.54) is 0 Å². The van der Waals surface area contributed by atoms with E-state index >= 15 is 0 Å². The number of benzene rings is 2. The third kappa shape index (κ3) is 7.13. The van der Waals surface area contributed by atoms with Crippen LogP contribution in [-0.4, -0.2) is 31.8 Å². The van der Waals surface area contributed by atoms with Gasteiger partial charge >= 0.3 is 11.7 Å². The Morgan fingerprint density at radius 3 is 2.29 bits per heavy atom. The minimum Gasteiger partial charge on any atom is -0.462 e. The van der Waals surface area contributed by atoms with Crippen LogP contribution in [0.15, 0.2) is 62.6 Å². The van der Waals surface area contributed by atoms with E-state index in [1.54, 1.807) is 4.57 Å². The number of unbranched alkanes of at least 4 members (excludes halogenated alkanes) is 1. The molecule has 0 fully saturated rings. The van der Waals surface area contributed by atoms with Crippen molar-refractivity contribution in [3.63, 3.8) is 0 Å². The molecule has 0 radical (unpaired) electrons. The summed E-state index contributed by atoms with van der Waals surface area (Å²) in [6, 6.07) is 15.5. The number of carbonyl (C=O) groups is 1. The molecule has 2 aromatic carbocycles. The van der Waals surface area contributed by atoms with Gasteiger partial charge in [0.05, 0.1) is 24.2 Å². The zero-order valence-corrected chi connectivity index (χ0v) is 25.1. The van der Waals surface area contributed by atoms with E-state index in [9.17, 15) is 14.4 Å². The van der Waals surface area contributed by atoms with E-state index in [2.05, 4.69) is 17.1 Å². The lowest BCUT2D eigenvalue weighted by Crippen LogP contribution is -2.33. The normalized spacial score (nSPS) is 11.4. The number of ether oxygens (including phenoxy) is 1. The van der Waals surface area contributed by atoms with Crippen molar-refractivity contribution in [3.05, 3.63) is 92.1 Å². The second kappa shape index (κ2) is 14.1.